The lowest BCUT2D eigenvalue weighted by atomic mass is 9.80. The van der Waals surface area contributed by atoms with Crippen LogP contribution in [0, 0.1) is 5.92 Å². The molecule has 0 radical (unpaired) electrons. The van der Waals surface area contributed by atoms with Gasteiger partial charge in [0, 0.05) is 30.3 Å². The molecule has 146 valence electrons. The number of carbonyl (C=O) groups is 1. The molecule has 2 heterocycles. The molecule has 1 saturated heterocycles. The number of nitrogens with one attached hydrogen (secondary N) is 1. The van der Waals surface area contributed by atoms with Crippen molar-refractivity contribution in [3.05, 3.63) is 18.2 Å². The molecule has 5 nitrogen and oxygen atoms in total. The van der Waals surface area contributed by atoms with Crippen LogP contribution in [-0.4, -0.2) is 40.8 Å². The van der Waals surface area contributed by atoms with Crippen LogP contribution in [0.3, 0.4) is 0 Å². The molecule has 1 amide bonds. The number of aromatic nitrogens is 2. The Labute approximate surface area is 164 Å². The summed E-state index contributed by atoms with van der Waals surface area (Å²) in [7, 11) is 0.0614. The summed E-state index contributed by atoms with van der Waals surface area (Å²) in [6, 6.07) is 0.0712. The average molecular weight is 396 g/mol. The summed E-state index contributed by atoms with van der Waals surface area (Å²) in [6.45, 7) is 15.1. The largest absolute Gasteiger partial charge is 0.413 e. The number of amides is 1. The molecule has 0 bridgehead atoms. The maximum atomic E-state index is 12.3. The third-order valence-electron chi connectivity index (χ3n) is 6.01. The number of carbonyl (C=O) groups excluding carboxylic acids is 1. The molecular formula is C19H33N3O2SSi. The lowest BCUT2D eigenvalue weighted by molar-refractivity contribution is -0.140. The first-order valence-electron chi connectivity index (χ1n) is 9.31. The van der Waals surface area contributed by atoms with Crippen LogP contribution in [0.4, 0.5) is 0 Å². The normalized spacial score (nSPS) is 23.2. The second-order valence-corrected chi connectivity index (χ2v) is 14.4. The van der Waals surface area contributed by atoms with Crippen LogP contribution in [0.25, 0.3) is 0 Å². The van der Waals surface area contributed by atoms with Gasteiger partial charge in [0.2, 0.25) is 5.91 Å². The molecule has 7 heteroatoms. The minimum absolute atomic E-state index is 0.0539. The van der Waals surface area contributed by atoms with Gasteiger partial charge in [0.1, 0.15) is 5.82 Å². The Morgan fingerprint density at radius 1 is 1.46 bits per heavy atom. The van der Waals surface area contributed by atoms with Gasteiger partial charge in [0.15, 0.2) is 8.32 Å². The maximum absolute atomic E-state index is 12.3. The molecule has 26 heavy (non-hydrogen) atoms. The van der Waals surface area contributed by atoms with E-state index in [1.54, 1.807) is 6.20 Å². The highest BCUT2D eigenvalue weighted by Crippen LogP contribution is 2.39. The highest BCUT2D eigenvalue weighted by atomic mass is 32.1. The quantitative estimate of drug-likeness (QED) is 0.433. The fourth-order valence-electron chi connectivity index (χ4n) is 3.34. The number of aryl methyl sites for hydroxylation is 1. The number of β-lactam (4-membered cyclic amide) rings is 1. The van der Waals surface area contributed by atoms with E-state index >= 15 is 0 Å². The topological polar surface area (TPSA) is 56.1 Å². The summed E-state index contributed by atoms with van der Waals surface area (Å²) in [5.41, 5.74) is 0. The molecule has 0 aromatic carbocycles. The molecule has 1 fully saturated rings. The van der Waals surface area contributed by atoms with Crippen LogP contribution in [0.15, 0.2) is 12.4 Å². The zero-order chi connectivity index (χ0) is 19.9. The molecule has 0 saturated carbocycles. The second-order valence-electron chi connectivity index (χ2n) is 9.02. The Balaban J connectivity index is 2.12. The Kier molecular flexibility index (Phi) is 6.15. The molecule has 1 aliphatic rings. The van der Waals surface area contributed by atoms with Crippen LogP contribution >= 0.6 is 12.2 Å². The fourth-order valence-corrected chi connectivity index (χ4v) is 4.97. The lowest BCUT2D eigenvalue weighted by Crippen LogP contribution is -2.64. The number of rotatable bonds is 7. The molecule has 1 aliphatic heterocycles. The van der Waals surface area contributed by atoms with Gasteiger partial charge in [0.05, 0.1) is 17.9 Å². The van der Waals surface area contributed by atoms with Gasteiger partial charge in [-0.3, -0.25) is 4.79 Å². The van der Waals surface area contributed by atoms with Crippen molar-refractivity contribution in [2.45, 2.75) is 77.2 Å². The van der Waals surface area contributed by atoms with E-state index in [4.69, 9.17) is 16.6 Å². The Morgan fingerprint density at radius 3 is 2.50 bits per heavy atom. The third kappa shape index (κ3) is 4.26. The number of imidazole rings is 1. The first kappa shape index (κ1) is 21.2. The van der Waals surface area contributed by atoms with Crippen LogP contribution in [0.2, 0.25) is 18.1 Å². The Bertz CT molecular complexity index is 681. The van der Waals surface area contributed by atoms with Crippen LogP contribution in [0.5, 0.6) is 0 Å². The van der Waals surface area contributed by atoms with Crippen molar-refractivity contribution < 1.29 is 9.22 Å². The molecule has 0 aliphatic carbocycles. The van der Waals surface area contributed by atoms with Crippen molar-refractivity contribution >= 4 is 31.3 Å². The van der Waals surface area contributed by atoms with Crippen molar-refractivity contribution in [3.8, 4) is 0 Å². The Hall–Kier alpha value is -1.05. The minimum atomic E-state index is -1.92. The van der Waals surface area contributed by atoms with E-state index in [-0.39, 0.29) is 34.9 Å². The predicted molar refractivity (Wildman–Crippen MR) is 112 cm³/mol. The molecule has 1 N–H and O–H groups in total. The summed E-state index contributed by atoms with van der Waals surface area (Å²) in [4.78, 5) is 17.7. The average Bonchev–Trinajstić information content (AvgIpc) is 2.86. The van der Waals surface area contributed by atoms with Gasteiger partial charge in [-0.05, 0) is 38.4 Å². The van der Waals surface area contributed by atoms with E-state index in [9.17, 15) is 4.79 Å². The zero-order valence-corrected chi connectivity index (χ0v) is 19.1. The van der Waals surface area contributed by atoms with Crippen molar-refractivity contribution in [1.82, 2.24) is 14.9 Å². The van der Waals surface area contributed by atoms with Gasteiger partial charge in [-0.1, -0.05) is 33.0 Å². The summed E-state index contributed by atoms with van der Waals surface area (Å²) >= 11 is 5.49. The molecule has 0 unspecified atom stereocenters. The predicted octanol–water partition coefficient (Wildman–Crippen LogP) is 3.81. The molecule has 4 atom stereocenters. The van der Waals surface area contributed by atoms with Gasteiger partial charge in [-0.15, -0.1) is 0 Å². The maximum Gasteiger partial charge on any atom is 0.228 e. The monoisotopic (exact) mass is 395 g/mol. The molecule has 0 spiro atoms. The zero-order valence-electron chi connectivity index (χ0n) is 17.3. The van der Waals surface area contributed by atoms with Gasteiger partial charge < -0.3 is 14.3 Å². The number of hydrogen-bond acceptors (Lipinski definition) is 4. The molecular weight excluding hydrogens is 362 g/mol. The van der Waals surface area contributed by atoms with E-state index in [1.165, 1.54) is 0 Å². The van der Waals surface area contributed by atoms with Crippen LogP contribution in [0.1, 0.15) is 52.8 Å². The fraction of sp³-hybridized carbons (Fsp3) is 0.737. The van der Waals surface area contributed by atoms with E-state index < -0.39 is 8.32 Å². The summed E-state index contributed by atoms with van der Waals surface area (Å²) < 4.78 is 8.49. The van der Waals surface area contributed by atoms with E-state index in [2.05, 4.69) is 44.2 Å². The van der Waals surface area contributed by atoms with Crippen LogP contribution in [-0.2, 0) is 16.3 Å². The standard InChI is InChI=1S/C19H33N3O2SSi/c1-12(24-26(7,8)19(3,4)5)16-15(21-18(16)23)11-14(13(2)25)17-20-9-10-22(17)6/h9-10,12,14-16H,11H2,1-8H3,(H,21,23)/t12-,14+,15+,16-/m1/s1. The van der Waals surface area contributed by atoms with E-state index in [1.807, 2.05) is 31.7 Å². The van der Waals surface area contributed by atoms with Gasteiger partial charge in [-0.25, -0.2) is 4.98 Å². The number of nitrogens with zero attached hydrogens (tertiary/aromatic N) is 2. The first-order valence-corrected chi connectivity index (χ1v) is 12.6. The van der Waals surface area contributed by atoms with Crippen molar-refractivity contribution in [3.63, 3.8) is 0 Å². The van der Waals surface area contributed by atoms with Gasteiger partial charge in [0.25, 0.3) is 0 Å². The summed E-state index contributed by atoms with van der Waals surface area (Å²) in [6.07, 6.45) is 4.39. The Morgan fingerprint density at radius 2 is 2.08 bits per heavy atom. The number of thiocarbonyl (C=S) groups is 1. The summed E-state index contributed by atoms with van der Waals surface area (Å²) in [5.74, 6) is 0.969. The van der Waals surface area contributed by atoms with Crippen LogP contribution < -0.4 is 5.32 Å². The third-order valence-corrected chi connectivity index (χ3v) is 10.9. The van der Waals surface area contributed by atoms with Gasteiger partial charge in [-0.2, -0.15) is 0 Å². The number of hydrogen-bond donors (Lipinski definition) is 1. The summed E-state index contributed by atoms with van der Waals surface area (Å²) in [5, 5.41) is 3.19. The highest BCUT2D eigenvalue weighted by molar-refractivity contribution is 7.80. The van der Waals surface area contributed by atoms with E-state index in [0.717, 1.165) is 17.1 Å². The van der Waals surface area contributed by atoms with Crippen molar-refractivity contribution in [2.75, 3.05) is 0 Å². The molecule has 1 aromatic rings. The second kappa shape index (κ2) is 7.52. The lowest BCUT2D eigenvalue weighted by Gasteiger charge is -2.46. The van der Waals surface area contributed by atoms with Crippen molar-refractivity contribution in [1.29, 1.82) is 0 Å². The highest BCUT2D eigenvalue weighted by Gasteiger charge is 2.48. The smallest absolute Gasteiger partial charge is 0.228 e. The van der Waals surface area contributed by atoms with Crippen molar-refractivity contribution in [2.24, 2.45) is 13.0 Å². The van der Waals surface area contributed by atoms with E-state index in [0.29, 0.717) is 0 Å². The first-order chi connectivity index (χ1) is 11.8. The minimum Gasteiger partial charge on any atom is -0.413 e. The SMILES string of the molecule is CC(=S)[C@H](C[C@@H]1NC(=O)[C@@H]1[C@@H](C)O[Si](C)(C)C(C)(C)C)c1nccn1C. The van der Waals surface area contributed by atoms with Gasteiger partial charge >= 0.3 is 0 Å². The molecule has 2 rings (SSSR count). The molecule has 1 aromatic heterocycles.